The standard InChI is InChI=1S/C7H3BrClO/c8-6-3-1-2-5(4-10)7(6)9/h1-3H. The molecule has 0 atom stereocenters. The van der Waals surface area contributed by atoms with E-state index in [2.05, 4.69) is 15.9 Å². The van der Waals surface area contributed by atoms with Gasteiger partial charge in [0.25, 0.3) is 0 Å². The van der Waals surface area contributed by atoms with Gasteiger partial charge in [0.15, 0.2) is 0 Å². The minimum Gasteiger partial charge on any atom is -0.285 e. The first kappa shape index (κ1) is 7.76. The van der Waals surface area contributed by atoms with Crippen molar-refractivity contribution in [2.24, 2.45) is 0 Å². The molecule has 0 saturated heterocycles. The van der Waals surface area contributed by atoms with Crippen LogP contribution in [0.25, 0.3) is 0 Å². The van der Waals surface area contributed by atoms with Crippen molar-refractivity contribution in [1.29, 1.82) is 0 Å². The Hall–Kier alpha value is -0.340. The van der Waals surface area contributed by atoms with E-state index < -0.39 is 0 Å². The molecule has 1 aromatic rings. The molecule has 1 radical (unpaired) electrons. The topological polar surface area (TPSA) is 17.1 Å². The van der Waals surface area contributed by atoms with E-state index >= 15 is 0 Å². The number of halogens is 2. The fraction of sp³-hybridized carbons (Fsp3) is 0. The fourth-order valence-corrected chi connectivity index (χ4v) is 1.11. The van der Waals surface area contributed by atoms with Crippen molar-refractivity contribution in [2.45, 2.75) is 0 Å². The molecule has 0 saturated carbocycles. The first-order chi connectivity index (χ1) is 4.75. The summed E-state index contributed by atoms with van der Waals surface area (Å²) in [5.74, 6) is 0. The second kappa shape index (κ2) is 3.17. The summed E-state index contributed by atoms with van der Waals surface area (Å²) in [7, 11) is 0. The molecule has 0 amide bonds. The lowest BCUT2D eigenvalue weighted by molar-refractivity contribution is 0.563. The van der Waals surface area contributed by atoms with Gasteiger partial charge in [0, 0.05) is 10.0 Å². The Morgan fingerprint density at radius 3 is 2.70 bits per heavy atom. The van der Waals surface area contributed by atoms with Crippen LogP contribution in [0.5, 0.6) is 0 Å². The lowest BCUT2D eigenvalue weighted by Crippen LogP contribution is -1.81. The minimum atomic E-state index is 0.385. The maximum atomic E-state index is 10.1. The third-order valence-electron chi connectivity index (χ3n) is 1.06. The molecule has 0 aliphatic heterocycles. The Labute approximate surface area is 72.1 Å². The van der Waals surface area contributed by atoms with Crippen LogP contribution in [0.3, 0.4) is 0 Å². The largest absolute Gasteiger partial charge is 0.285 e. The van der Waals surface area contributed by atoms with Crippen LogP contribution in [-0.2, 0) is 4.79 Å². The van der Waals surface area contributed by atoms with Gasteiger partial charge in [0.1, 0.15) is 0 Å². The third-order valence-corrected chi connectivity index (χ3v) is 2.36. The van der Waals surface area contributed by atoms with Gasteiger partial charge in [-0.3, -0.25) is 4.79 Å². The molecule has 0 fully saturated rings. The van der Waals surface area contributed by atoms with Crippen LogP contribution >= 0.6 is 27.5 Å². The van der Waals surface area contributed by atoms with Crippen LogP contribution in [0.15, 0.2) is 22.7 Å². The van der Waals surface area contributed by atoms with E-state index in [0.29, 0.717) is 10.6 Å². The molecule has 10 heavy (non-hydrogen) atoms. The van der Waals surface area contributed by atoms with Crippen LogP contribution in [-0.4, -0.2) is 6.29 Å². The van der Waals surface area contributed by atoms with E-state index in [1.165, 1.54) is 0 Å². The van der Waals surface area contributed by atoms with Crippen LogP contribution < -0.4 is 0 Å². The molecular formula is C7H3BrClO. The van der Waals surface area contributed by atoms with E-state index in [9.17, 15) is 4.79 Å². The smallest absolute Gasteiger partial charge is 0.235 e. The van der Waals surface area contributed by atoms with Gasteiger partial charge in [-0.1, -0.05) is 17.7 Å². The number of rotatable bonds is 1. The van der Waals surface area contributed by atoms with Crippen molar-refractivity contribution < 1.29 is 4.79 Å². The summed E-state index contributed by atoms with van der Waals surface area (Å²) >= 11 is 8.86. The number of hydrogen-bond acceptors (Lipinski definition) is 1. The average molecular weight is 218 g/mol. The second-order valence-electron chi connectivity index (χ2n) is 1.70. The zero-order valence-electron chi connectivity index (χ0n) is 4.90. The highest BCUT2D eigenvalue weighted by Crippen LogP contribution is 2.24. The predicted molar refractivity (Wildman–Crippen MR) is 43.9 cm³/mol. The summed E-state index contributed by atoms with van der Waals surface area (Å²) in [6.07, 6.45) is 1.72. The average Bonchev–Trinajstić information content (AvgIpc) is 1.95. The molecule has 0 aromatic heterocycles. The lowest BCUT2D eigenvalue weighted by atomic mass is 10.2. The van der Waals surface area contributed by atoms with E-state index in [1.807, 2.05) is 0 Å². The molecule has 3 heteroatoms. The van der Waals surface area contributed by atoms with Crippen molar-refractivity contribution in [3.05, 3.63) is 33.3 Å². The third kappa shape index (κ3) is 1.39. The summed E-state index contributed by atoms with van der Waals surface area (Å²) in [6.45, 7) is 0. The lowest BCUT2D eigenvalue weighted by Gasteiger charge is -1.95. The van der Waals surface area contributed by atoms with Crippen molar-refractivity contribution in [2.75, 3.05) is 0 Å². The predicted octanol–water partition coefficient (Wildman–Crippen LogP) is 2.56. The molecule has 0 spiro atoms. The van der Waals surface area contributed by atoms with Crippen LogP contribution in [0.1, 0.15) is 5.56 Å². The van der Waals surface area contributed by atoms with Gasteiger partial charge in [-0.15, -0.1) is 0 Å². The van der Waals surface area contributed by atoms with Crippen molar-refractivity contribution in [3.8, 4) is 0 Å². The number of benzene rings is 1. The monoisotopic (exact) mass is 217 g/mol. The Balaban J connectivity index is 3.27. The molecule has 0 heterocycles. The van der Waals surface area contributed by atoms with E-state index in [1.54, 1.807) is 24.5 Å². The van der Waals surface area contributed by atoms with E-state index in [4.69, 9.17) is 11.6 Å². The number of carbonyl (C=O) groups excluding carboxylic acids is 1. The Morgan fingerprint density at radius 2 is 2.20 bits per heavy atom. The molecule has 0 unspecified atom stereocenters. The van der Waals surface area contributed by atoms with Crippen molar-refractivity contribution in [1.82, 2.24) is 0 Å². The van der Waals surface area contributed by atoms with Crippen LogP contribution in [0.2, 0.25) is 5.02 Å². The summed E-state index contributed by atoms with van der Waals surface area (Å²) < 4.78 is 0.718. The molecule has 1 aromatic carbocycles. The molecule has 0 aliphatic carbocycles. The fourth-order valence-electron chi connectivity index (χ4n) is 0.583. The molecule has 0 N–H and O–H groups in total. The highest BCUT2D eigenvalue weighted by atomic mass is 79.9. The first-order valence-corrected chi connectivity index (χ1v) is 3.75. The van der Waals surface area contributed by atoms with Crippen molar-refractivity contribution >= 4 is 33.8 Å². The van der Waals surface area contributed by atoms with Gasteiger partial charge in [0.2, 0.25) is 6.29 Å². The first-order valence-electron chi connectivity index (χ1n) is 2.58. The van der Waals surface area contributed by atoms with E-state index in [0.717, 1.165) is 4.47 Å². The SMILES string of the molecule is O=[C]c1cccc(Br)c1Cl. The van der Waals surface area contributed by atoms with Crippen LogP contribution in [0.4, 0.5) is 0 Å². The zero-order valence-corrected chi connectivity index (χ0v) is 7.24. The summed E-state index contributed by atoms with van der Waals surface area (Å²) in [4.78, 5) is 10.1. The summed E-state index contributed by atoms with van der Waals surface area (Å²) in [5.41, 5.74) is 0.385. The quantitative estimate of drug-likeness (QED) is 0.708. The molecule has 1 rings (SSSR count). The van der Waals surface area contributed by atoms with Crippen LogP contribution in [0, 0.1) is 0 Å². The molecule has 0 aliphatic rings. The molecule has 0 bridgehead atoms. The summed E-state index contributed by atoms with van der Waals surface area (Å²) in [6, 6.07) is 5.11. The summed E-state index contributed by atoms with van der Waals surface area (Å²) in [5, 5.41) is 0.414. The van der Waals surface area contributed by atoms with Gasteiger partial charge in [-0.05, 0) is 28.1 Å². The van der Waals surface area contributed by atoms with Gasteiger partial charge < -0.3 is 0 Å². The minimum absolute atomic E-state index is 0.385. The van der Waals surface area contributed by atoms with Gasteiger partial charge in [-0.2, -0.15) is 0 Å². The number of hydrogen-bond donors (Lipinski definition) is 0. The van der Waals surface area contributed by atoms with Gasteiger partial charge >= 0.3 is 0 Å². The maximum absolute atomic E-state index is 10.1. The Morgan fingerprint density at radius 1 is 1.50 bits per heavy atom. The molecular weight excluding hydrogens is 215 g/mol. The highest BCUT2D eigenvalue weighted by molar-refractivity contribution is 9.10. The zero-order chi connectivity index (χ0) is 7.56. The molecule has 51 valence electrons. The Bertz CT molecular complexity index is 260. The maximum Gasteiger partial charge on any atom is 0.235 e. The van der Waals surface area contributed by atoms with Gasteiger partial charge in [-0.25, -0.2) is 0 Å². The van der Waals surface area contributed by atoms with E-state index in [-0.39, 0.29) is 0 Å². The second-order valence-corrected chi connectivity index (χ2v) is 2.94. The normalized spacial score (nSPS) is 9.40. The van der Waals surface area contributed by atoms with Gasteiger partial charge in [0.05, 0.1) is 5.02 Å². The van der Waals surface area contributed by atoms with Crippen molar-refractivity contribution in [3.63, 3.8) is 0 Å². The highest BCUT2D eigenvalue weighted by Gasteiger charge is 2.01. The Kier molecular flexibility index (Phi) is 2.46. The molecule has 1 nitrogen and oxygen atoms in total.